The number of aliphatic imine (C=N–C) groups is 1. The molecule has 0 aromatic heterocycles. The number of halogens is 2. The lowest BCUT2D eigenvalue weighted by Crippen LogP contribution is -2.32. The quantitative estimate of drug-likeness (QED) is 0.306. The summed E-state index contributed by atoms with van der Waals surface area (Å²) in [6.07, 6.45) is 1.34. The number of aliphatic hydroxyl groups is 1. The molecule has 0 saturated heterocycles. The molecule has 0 aliphatic carbocycles. The van der Waals surface area contributed by atoms with Gasteiger partial charge in [-0.2, -0.15) is 0 Å². The maximum absolute atomic E-state index is 12.7. The van der Waals surface area contributed by atoms with Gasteiger partial charge in [0, 0.05) is 6.54 Å². The van der Waals surface area contributed by atoms with Gasteiger partial charge in [0.25, 0.3) is 0 Å². The van der Waals surface area contributed by atoms with Crippen LogP contribution in [0.25, 0.3) is 0 Å². The molecule has 1 unspecified atom stereocenters. The molecular formula is C13H21FIN3O. The maximum atomic E-state index is 12.7. The van der Waals surface area contributed by atoms with Gasteiger partial charge in [-0.3, -0.25) is 4.99 Å². The molecule has 19 heavy (non-hydrogen) atoms. The van der Waals surface area contributed by atoms with E-state index in [9.17, 15) is 9.50 Å². The summed E-state index contributed by atoms with van der Waals surface area (Å²) in [7, 11) is 0. The zero-order valence-corrected chi connectivity index (χ0v) is 13.3. The lowest BCUT2D eigenvalue weighted by atomic mass is 10.1. The van der Waals surface area contributed by atoms with Crippen LogP contribution in [0.3, 0.4) is 0 Å². The summed E-state index contributed by atoms with van der Waals surface area (Å²) in [5.41, 5.74) is 6.26. The Kier molecular flexibility index (Phi) is 9.50. The minimum absolute atomic E-state index is 0. The molecule has 0 bridgehead atoms. The van der Waals surface area contributed by atoms with Gasteiger partial charge in [0.05, 0.1) is 12.6 Å². The van der Waals surface area contributed by atoms with Gasteiger partial charge >= 0.3 is 0 Å². The number of nitrogens with zero attached hydrogens (tertiary/aromatic N) is 1. The van der Waals surface area contributed by atoms with Crippen LogP contribution in [-0.2, 0) is 0 Å². The molecule has 0 saturated carbocycles. The number of guanidine groups is 1. The van der Waals surface area contributed by atoms with Crippen LogP contribution in [0.4, 0.5) is 4.39 Å². The van der Waals surface area contributed by atoms with Crippen LogP contribution in [0.2, 0.25) is 0 Å². The van der Waals surface area contributed by atoms with Gasteiger partial charge in [-0.1, -0.05) is 25.5 Å². The number of benzene rings is 1. The SMILES string of the molecule is CCCCNC(N)=NCC(O)c1ccc(F)cc1.I. The maximum Gasteiger partial charge on any atom is 0.188 e. The summed E-state index contributed by atoms with van der Waals surface area (Å²) in [6, 6.07) is 5.70. The van der Waals surface area contributed by atoms with Crippen LogP contribution < -0.4 is 11.1 Å². The van der Waals surface area contributed by atoms with Crippen molar-refractivity contribution in [3.8, 4) is 0 Å². The molecule has 6 heteroatoms. The van der Waals surface area contributed by atoms with Gasteiger partial charge in [0.1, 0.15) is 5.82 Å². The molecule has 0 spiro atoms. The van der Waals surface area contributed by atoms with Crippen molar-refractivity contribution in [2.45, 2.75) is 25.9 Å². The van der Waals surface area contributed by atoms with Gasteiger partial charge in [-0.15, -0.1) is 24.0 Å². The highest BCUT2D eigenvalue weighted by atomic mass is 127. The van der Waals surface area contributed by atoms with Crippen LogP contribution in [0.5, 0.6) is 0 Å². The third-order valence-corrected chi connectivity index (χ3v) is 2.53. The third-order valence-electron chi connectivity index (χ3n) is 2.53. The van der Waals surface area contributed by atoms with E-state index in [4.69, 9.17) is 5.73 Å². The Morgan fingerprint density at radius 2 is 2.05 bits per heavy atom. The monoisotopic (exact) mass is 381 g/mol. The van der Waals surface area contributed by atoms with E-state index in [1.807, 2.05) is 0 Å². The Balaban J connectivity index is 0.00000324. The van der Waals surface area contributed by atoms with Crippen molar-refractivity contribution in [3.63, 3.8) is 0 Å². The zero-order chi connectivity index (χ0) is 13.4. The number of hydrogen-bond acceptors (Lipinski definition) is 2. The van der Waals surface area contributed by atoms with Gasteiger partial charge in [-0.25, -0.2) is 4.39 Å². The van der Waals surface area contributed by atoms with E-state index in [0.717, 1.165) is 19.4 Å². The molecule has 0 heterocycles. The number of aliphatic hydroxyl groups excluding tert-OH is 1. The van der Waals surface area contributed by atoms with Crippen molar-refractivity contribution in [3.05, 3.63) is 35.6 Å². The van der Waals surface area contributed by atoms with Crippen LogP contribution in [-0.4, -0.2) is 24.2 Å². The molecule has 1 aromatic rings. The molecular weight excluding hydrogens is 360 g/mol. The van der Waals surface area contributed by atoms with E-state index in [2.05, 4.69) is 17.2 Å². The third kappa shape index (κ3) is 7.31. The number of nitrogens with one attached hydrogen (secondary N) is 1. The second kappa shape index (κ2) is 9.96. The number of unbranched alkanes of at least 4 members (excludes halogenated alkanes) is 1. The Morgan fingerprint density at radius 3 is 2.63 bits per heavy atom. The Labute approximate surface area is 130 Å². The summed E-state index contributed by atoms with van der Waals surface area (Å²) in [6.45, 7) is 3.03. The van der Waals surface area contributed by atoms with Gasteiger partial charge < -0.3 is 16.2 Å². The Bertz CT molecular complexity index is 384. The molecule has 108 valence electrons. The van der Waals surface area contributed by atoms with E-state index in [0.29, 0.717) is 11.5 Å². The fourth-order valence-corrected chi connectivity index (χ4v) is 1.42. The summed E-state index contributed by atoms with van der Waals surface area (Å²) in [5.74, 6) is -0.000177. The number of nitrogens with two attached hydrogens (primary N) is 1. The second-order valence-electron chi connectivity index (χ2n) is 4.07. The molecule has 0 aliphatic heterocycles. The largest absolute Gasteiger partial charge is 0.386 e. The molecule has 4 nitrogen and oxygen atoms in total. The van der Waals surface area contributed by atoms with E-state index >= 15 is 0 Å². The van der Waals surface area contributed by atoms with E-state index < -0.39 is 6.10 Å². The van der Waals surface area contributed by atoms with E-state index in [-0.39, 0.29) is 36.3 Å². The van der Waals surface area contributed by atoms with Crippen molar-refractivity contribution in [1.29, 1.82) is 0 Å². The van der Waals surface area contributed by atoms with E-state index in [1.165, 1.54) is 24.3 Å². The average Bonchev–Trinajstić information content (AvgIpc) is 2.37. The van der Waals surface area contributed by atoms with E-state index in [1.54, 1.807) is 0 Å². The minimum Gasteiger partial charge on any atom is -0.386 e. The molecule has 1 atom stereocenters. The first-order valence-corrected chi connectivity index (χ1v) is 6.10. The first-order chi connectivity index (χ1) is 8.63. The molecule has 0 fully saturated rings. The van der Waals surface area contributed by atoms with Crippen LogP contribution in [0.1, 0.15) is 31.4 Å². The van der Waals surface area contributed by atoms with Crippen molar-refractivity contribution in [1.82, 2.24) is 5.32 Å². The molecule has 0 amide bonds. The minimum atomic E-state index is -0.767. The molecule has 0 aliphatic rings. The van der Waals surface area contributed by atoms with Gasteiger partial charge in [-0.05, 0) is 24.1 Å². The zero-order valence-electron chi connectivity index (χ0n) is 11.0. The number of hydrogen-bond donors (Lipinski definition) is 3. The van der Waals surface area contributed by atoms with Crippen LogP contribution >= 0.6 is 24.0 Å². The Morgan fingerprint density at radius 1 is 1.42 bits per heavy atom. The van der Waals surface area contributed by atoms with Gasteiger partial charge in [0.2, 0.25) is 0 Å². The first-order valence-electron chi connectivity index (χ1n) is 6.10. The van der Waals surface area contributed by atoms with Crippen molar-refractivity contribution < 1.29 is 9.50 Å². The highest BCUT2D eigenvalue weighted by molar-refractivity contribution is 14.0. The normalized spacial score (nSPS) is 12.7. The fourth-order valence-electron chi connectivity index (χ4n) is 1.42. The van der Waals surface area contributed by atoms with Crippen molar-refractivity contribution in [2.75, 3.05) is 13.1 Å². The highest BCUT2D eigenvalue weighted by Gasteiger charge is 2.06. The van der Waals surface area contributed by atoms with Gasteiger partial charge in [0.15, 0.2) is 5.96 Å². The highest BCUT2D eigenvalue weighted by Crippen LogP contribution is 2.13. The summed E-state index contributed by atoms with van der Waals surface area (Å²) < 4.78 is 12.7. The smallest absolute Gasteiger partial charge is 0.188 e. The van der Waals surface area contributed by atoms with Crippen molar-refractivity contribution in [2.24, 2.45) is 10.7 Å². The second-order valence-corrected chi connectivity index (χ2v) is 4.07. The lowest BCUT2D eigenvalue weighted by molar-refractivity contribution is 0.187. The Hall–Kier alpha value is -0.890. The predicted molar refractivity (Wildman–Crippen MR) is 86.2 cm³/mol. The summed E-state index contributed by atoms with van der Waals surface area (Å²) in [4.78, 5) is 4.03. The molecule has 1 aromatic carbocycles. The first kappa shape index (κ1) is 18.1. The lowest BCUT2D eigenvalue weighted by Gasteiger charge is -2.09. The summed E-state index contributed by atoms with van der Waals surface area (Å²) in [5, 5.41) is 12.8. The molecule has 4 N–H and O–H groups in total. The fraction of sp³-hybridized carbons (Fsp3) is 0.462. The van der Waals surface area contributed by atoms with Crippen LogP contribution in [0, 0.1) is 5.82 Å². The number of rotatable bonds is 6. The standard InChI is InChI=1S/C13H20FN3O.HI/c1-2-3-8-16-13(15)17-9-12(18)10-4-6-11(14)7-5-10;/h4-7,12,18H,2-3,8-9H2,1H3,(H3,15,16,17);1H. The van der Waals surface area contributed by atoms with Crippen LogP contribution in [0.15, 0.2) is 29.3 Å². The molecule has 1 rings (SSSR count). The molecule has 0 radical (unpaired) electrons. The average molecular weight is 381 g/mol. The summed E-state index contributed by atoms with van der Waals surface area (Å²) >= 11 is 0. The topological polar surface area (TPSA) is 70.6 Å². The van der Waals surface area contributed by atoms with Crippen molar-refractivity contribution >= 4 is 29.9 Å². The predicted octanol–water partition coefficient (Wildman–Crippen LogP) is 2.18.